The van der Waals surface area contributed by atoms with Crippen LogP contribution in [-0.4, -0.2) is 46.9 Å². The minimum absolute atomic E-state index is 0.0291. The number of nitrogens with one attached hydrogen (secondary N) is 1. The summed E-state index contributed by atoms with van der Waals surface area (Å²) in [6.07, 6.45) is 54.3. The maximum atomic E-state index is 13.1. The van der Waals surface area contributed by atoms with Gasteiger partial charge in [0.25, 0.3) is 0 Å². The second-order valence-corrected chi connectivity index (χ2v) is 16.3. The Morgan fingerprint density at radius 3 is 1.40 bits per heavy atom. The van der Waals surface area contributed by atoms with E-state index in [-0.39, 0.29) is 24.9 Å². The van der Waals surface area contributed by atoms with Crippen LogP contribution in [0.1, 0.15) is 226 Å². The molecule has 0 saturated heterocycles. The average molecular weight is 798 g/mol. The van der Waals surface area contributed by atoms with Crippen molar-refractivity contribution >= 4 is 11.9 Å². The van der Waals surface area contributed by atoms with Crippen molar-refractivity contribution in [2.75, 3.05) is 6.61 Å². The maximum Gasteiger partial charge on any atom is 0.306 e. The number of aliphatic hydroxyl groups is 2. The van der Waals surface area contributed by atoms with Gasteiger partial charge in [-0.05, 0) is 38.5 Å². The van der Waals surface area contributed by atoms with E-state index in [0.717, 1.165) is 57.8 Å². The summed E-state index contributed by atoms with van der Waals surface area (Å²) < 4.78 is 5.88. The molecule has 6 nitrogen and oxygen atoms in total. The first-order valence-corrected chi connectivity index (χ1v) is 24.1. The van der Waals surface area contributed by atoms with Crippen molar-refractivity contribution < 1.29 is 24.5 Å². The molecule has 0 bridgehead atoms. The largest absolute Gasteiger partial charge is 0.462 e. The number of rotatable bonds is 42. The summed E-state index contributed by atoms with van der Waals surface area (Å²) in [7, 11) is 0. The standard InChI is InChI=1S/C51H91NO5/c1-4-7-10-13-16-19-21-23-24-25-27-29-32-35-38-41-44-51(56)57-47(42-39-36-33-31-28-26-22-20-17-14-11-8-5-2)45-50(55)52-48(46-53)49(54)43-40-37-34-30-18-15-12-9-6-3/h8,11,14,17,20,22,26,28,31,33,47-49,53-54H,4-7,9-10,12-13,15-16,18-19,21,23-25,27,29-30,32,34-46H2,1-3H3,(H,52,55)/b11-8+,17-14+,22-20-,28-26-,33-31+. The average Bonchev–Trinajstić information content (AvgIpc) is 3.20. The number of amides is 1. The first-order chi connectivity index (χ1) is 28.0. The molecule has 0 spiro atoms. The first-order valence-electron chi connectivity index (χ1n) is 24.1. The summed E-state index contributed by atoms with van der Waals surface area (Å²) in [5.74, 6) is -0.545. The number of esters is 1. The molecule has 0 heterocycles. The van der Waals surface area contributed by atoms with Gasteiger partial charge in [-0.15, -0.1) is 0 Å². The minimum Gasteiger partial charge on any atom is -0.462 e. The molecule has 0 aromatic heterocycles. The van der Waals surface area contributed by atoms with Crippen LogP contribution in [0.5, 0.6) is 0 Å². The predicted octanol–water partition coefficient (Wildman–Crippen LogP) is 14.1. The van der Waals surface area contributed by atoms with E-state index in [4.69, 9.17) is 4.74 Å². The highest BCUT2D eigenvalue weighted by Crippen LogP contribution is 2.17. The second-order valence-electron chi connectivity index (χ2n) is 16.3. The van der Waals surface area contributed by atoms with E-state index in [9.17, 15) is 19.8 Å². The normalized spacial score (nSPS) is 13.8. The lowest BCUT2D eigenvalue weighted by atomic mass is 10.0. The number of hydrogen-bond acceptors (Lipinski definition) is 5. The molecule has 3 atom stereocenters. The Bertz CT molecular complexity index is 1030. The van der Waals surface area contributed by atoms with Crippen molar-refractivity contribution in [2.24, 2.45) is 0 Å². The molecule has 0 aliphatic heterocycles. The lowest BCUT2D eigenvalue weighted by Gasteiger charge is -2.24. The fourth-order valence-corrected chi connectivity index (χ4v) is 7.10. The summed E-state index contributed by atoms with van der Waals surface area (Å²) in [5.41, 5.74) is 0. The van der Waals surface area contributed by atoms with E-state index < -0.39 is 18.2 Å². The Morgan fingerprint density at radius 1 is 0.526 bits per heavy atom. The number of ether oxygens (including phenoxy) is 1. The number of carbonyl (C=O) groups is 2. The van der Waals surface area contributed by atoms with Crippen LogP contribution in [0.2, 0.25) is 0 Å². The maximum absolute atomic E-state index is 13.1. The van der Waals surface area contributed by atoms with Gasteiger partial charge >= 0.3 is 5.97 Å². The quantitative estimate of drug-likeness (QED) is 0.0325. The van der Waals surface area contributed by atoms with E-state index in [1.165, 1.54) is 122 Å². The van der Waals surface area contributed by atoms with Gasteiger partial charge in [0.05, 0.1) is 25.2 Å². The van der Waals surface area contributed by atoms with Gasteiger partial charge in [-0.2, -0.15) is 0 Å². The van der Waals surface area contributed by atoms with E-state index >= 15 is 0 Å². The number of carbonyl (C=O) groups excluding carboxylic acids is 2. The highest BCUT2D eigenvalue weighted by Gasteiger charge is 2.24. The van der Waals surface area contributed by atoms with Crippen molar-refractivity contribution in [3.63, 3.8) is 0 Å². The summed E-state index contributed by atoms with van der Waals surface area (Å²) >= 11 is 0. The van der Waals surface area contributed by atoms with Crippen LogP contribution in [0.15, 0.2) is 60.8 Å². The molecule has 0 aromatic rings. The third kappa shape index (κ3) is 40.1. The molecule has 3 unspecified atom stereocenters. The van der Waals surface area contributed by atoms with Crippen LogP contribution in [0.3, 0.4) is 0 Å². The predicted molar refractivity (Wildman–Crippen MR) is 245 cm³/mol. The van der Waals surface area contributed by atoms with Crippen LogP contribution >= 0.6 is 0 Å². The monoisotopic (exact) mass is 798 g/mol. The van der Waals surface area contributed by atoms with E-state index in [2.05, 4.69) is 38.2 Å². The van der Waals surface area contributed by atoms with Crippen molar-refractivity contribution in [2.45, 2.75) is 244 Å². The number of aliphatic hydroxyl groups excluding tert-OH is 2. The summed E-state index contributed by atoms with van der Waals surface area (Å²) in [4.78, 5) is 26.0. The Kier molecular flexibility index (Phi) is 42.7. The van der Waals surface area contributed by atoms with E-state index in [1.54, 1.807) is 0 Å². The molecule has 0 rings (SSSR count). The topological polar surface area (TPSA) is 95.9 Å². The highest BCUT2D eigenvalue weighted by atomic mass is 16.5. The zero-order valence-electron chi connectivity index (χ0n) is 37.5. The summed E-state index contributed by atoms with van der Waals surface area (Å²) in [6, 6.07) is -0.722. The molecule has 1 amide bonds. The molecule has 0 aliphatic rings. The Morgan fingerprint density at radius 2 is 0.947 bits per heavy atom. The third-order valence-corrected chi connectivity index (χ3v) is 10.7. The van der Waals surface area contributed by atoms with Crippen LogP contribution in [0, 0.1) is 0 Å². The number of hydrogen-bond donors (Lipinski definition) is 3. The van der Waals surface area contributed by atoms with Crippen LogP contribution < -0.4 is 5.32 Å². The fourth-order valence-electron chi connectivity index (χ4n) is 7.10. The van der Waals surface area contributed by atoms with Gasteiger partial charge in [0.15, 0.2) is 0 Å². The Labute approximate surface area is 352 Å². The lowest BCUT2D eigenvalue weighted by Crippen LogP contribution is -2.46. The molecule has 0 fully saturated rings. The van der Waals surface area contributed by atoms with Crippen molar-refractivity contribution in [3.05, 3.63) is 60.8 Å². The van der Waals surface area contributed by atoms with Crippen molar-refractivity contribution in [1.29, 1.82) is 0 Å². The van der Waals surface area contributed by atoms with Crippen LogP contribution in [-0.2, 0) is 14.3 Å². The third-order valence-electron chi connectivity index (χ3n) is 10.7. The fraction of sp³-hybridized carbons (Fsp3) is 0.765. The minimum atomic E-state index is -0.804. The van der Waals surface area contributed by atoms with Gasteiger partial charge in [0.2, 0.25) is 5.91 Å². The van der Waals surface area contributed by atoms with Crippen molar-refractivity contribution in [3.8, 4) is 0 Å². The van der Waals surface area contributed by atoms with Gasteiger partial charge in [-0.25, -0.2) is 0 Å². The zero-order chi connectivity index (χ0) is 41.7. The molecule has 6 heteroatoms. The van der Waals surface area contributed by atoms with Gasteiger partial charge in [-0.3, -0.25) is 9.59 Å². The molecular weight excluding hydrogens is 707 g/mol. The zero-order valence-corrected chi connectivity index (χ0v) is 37.5. The Hall–Kier alpha value is -2.44. The molecule has 3 N–H and O–H groups in total. The molecule has 0 aromatic carbocycles. The van der Waals surface area contributed by atoms with Crippen molar-refractivity contribution in [1.82, 2.24) is 5.32 Å². The number of unbranched alkanes of at least 4 members (excludes halogenated alkanes) is 24. The summed E-state index contributed by atoms with van der Waals surface area (Å²) in [5, 5.41) is 23.6. The smallest absolute Gasteiger partial charge is 0.306 e. The van der Waals surface area contributed by atoms with Crippen LogP contribution in [0.25, 0.3) is 0 Å². The second kappa shape index (κ2) is 44.7. The molecule has 0 aliphatic carbocycles. The lowest BCUT2D eigenvalue weighted by molar-refractivity contribution is -0.151. The highest BCUT2D eigenvalue weighted by molar-refractivity contribution is 5.77. The van der Waals surface area contributed by atoms with Gasteiger partial charge < -0.3 is 20.3 Å². The molecule has 0 radical (unpaired) electrons. The van der Waals surface area contributed by atoms with Gasteiger partial charge in [0.1, 0.15) is 6.10 Å². The summed E-state index contributed by atoms with van der Waals surface area (Å²) in [6.45, 7) is 6.29. The van der Waals surface area contributed by atoms with E-state index in [1.807, 2.05) is 48.6 Å². The van der Waals surface area contributed by atoms with Gasteiger partial charge in [0, 0.05) is 6.42 Å². The molecule has 57 heavy (non-hydrogen) atoms. The van der Waals surface area contributed by atoms with Gasteiger partial charge in [-0.1, -0.05) is 236 Å². The van der Waals surface area contributed by atoms with E-state index in [0.29, 0.717) is 19.3 Å². The molecule has 330 valence electrons. The SMILES string of the molecule is CC/C=C/C=C/C=C\C=C/C=C/CCCC(CC(=O)NC(CO)C(O)CCCCCCCCCCC)OC(=O)CCCCCCCCCCCCCCCCCC. The number of allylic oxidation sites excluding steroid dienone is 10. The molecular formula is C51H91NO5. The molecule has 0 saturated carbocycles. The Balaban J connectivity index is 4.66. The first kappa shape index (κ1) is 54.6. The van der Waals surface area contributed by atoms with Crippen LogP contribution in [0.4, 0.5) is 0 Å².